The molecule has 0 radical (unpaired) electrons. The van der Waals surface area contributed by atoms with Gasteiger partial charge in [-0.2, -0.15) is 0 Å². The lowest BCUT2D eigenvalue weighted by molar-refractivity contribution is -0.258. The summed E-state index contributed by atoms with van der Waals surface area (Å²) in [5.74, 6) is -4.25. The molecule has 6 aromatic carbocycles. The maximum atomic E-state index is 9.86. The molecule has 0 saturated heterocycles. The van der Waals surface area contributed by atoms with Gasteiger partial charge in [-0.1, -0.05) is 182 Å². The Bertz CT molecular complexity index is 2220. The van der Waals surface area contributed by atoms with Crippen LogP contribution in [0.25, 0.3) is 0 Å². The molecule has 336 valence electrons. The molecule has 0 fully saturated rings. The number of carbonyl (C=O) groups excluding carboxylic acids is 3. The standard InChI is InChI=1S/3C13H12S.3C5H4O3/c3*14-13(11-7-3-1-4-8-11)12-9-5-2-6-10-12;3*6-5(7)4-2-1-3-8-4/h3*1-10,13-14H;3*1-3H,(H,6,7). The fraction of sp³-hybridized carbons (Fsp3) is 0.0556. The summed E-state index contributed by atoms with van der Waals surface area (Å²) in [6.07, 6.45) is 3.85. The Balaban J connectivity index is 0.000000177. The monoisotopic (exact) mass is 936 g/mol. The minimum Gasteiger partial charge on any atom is -0.542 e. The first-order valence-electron chi connectivity index (χ1n) is 20.2. The largest absolute Gasteiger partial charge is 0.542 e. The first kappa shape index (κ1) is 51.3. The molecule has 9 rings (SSSR count). The van der Waals surface area contributed by atoms with E-state index >= 15 is 0 Å². The Labute approximate surface area is 400 Å². The van der Waals surface area contributed by atoms with E-state index < -0.39 is 17.9 Å². The van der Waals surface area contributed by atoms with Crippen LogP contribution < -0.4 is 15.3 Å². The van der Waals surface area contributed by atoms with Gasteiger partial charge in [-0.15, -0.1) is 0 Å². The van der Waals surface area contributed by atoms with Gasteiger partial charge in [0.25, 0.3) is 0 Å². The quantitative estimate of drug-likeness (QED) is 0.136. The third kappa shape index (κ3) is 18.4. The Hall–Kier alpha value is -7.38. The van der Waals surface area contributed by atoms with E-state index in [4.69, 9.17) is 0 Å². The topological polar surface area (TPSA) is 160 Å². The summed E-state index contributed by atoms with van der Waals surface area (Å²) in [7, 11) is 0. The van der Waals surface area contributed by atoms with Gasteiger partial charge in [0.1, 0.15) is 35.2 Å². The van der Waals surface area contributed by atoms with Crippen LogP contribution >= 0.6 is 0 Å². The van der Waals surface area contributed by atoms with E-state index in [0.717, 1.165) is 0 Å². The van der Waals surface area contributed by atoms with Crippen molar-refractivity contribution in [3.05, 3.63) is 288 Å². The van der Waals surface area contributed by atoms with E-state index in [1.54, 1.807) is 0 Å². The van der Waals surface area contributed by atoms with Crippen LogP contribution in [-0.2, 0) is 37.9 Å². The van der Waals surface area contributed by atoms with Crippen LogP contribution in [0.3, 0.4) is 0 Å². The highest BCUT2D eigenvalue weighted by molar-refractivity contribution is 7.59. The van der Waals surface area contributed by atoms with E-state index in [1.807, 2.05) is 36.4 Å². The Morgan fingerprint density at radius 2 is 0.455 bits per heavy atom. The van der Waals surface area contributed by atoms with Gasteiger partial charge in [-0.3, -0.25) is 0 Å². The van der Waals surface area contributed by atoms with Crippen molar-refractivity contribution >= 4 is 55.8 Å². The van der Waals surface area contributed by atoms with Crippen molar-refractivity contribution < 1.29 is 43.0 Å². The fourth-order valence-corrected chi connectivity index (χ4v) is 6.79. The molecule has 9 nitrogen and oxygen atoms in total. The zero-order valence-electron chi connectivity index (χ0n) is 35.4. The minimum atomic E-state index is -1.28. The smallest absolute Gasteiger partial charge is 0.163 e. The molecule has 0 amide bonds. The summed E-state index contributed by atoms with van der Waals surface area (Å²) in [5.41, 5.74) is 7.72. The van der Waals surface area contributed by atoms with E-state index in [-0.39, 0.29) is 33.0 Å². The number of carboxylic acid groups (broad SMARTS) is 3. The molecule has 3 aromatic heterocycles. The molecule has 3 heterocycles. The van der Waals surface area contributed by atoms with Crippen molar-refractivity contribution in [1.29, 1.82) is 0 Å². The number of rotatable bonds is 9. The molecule has 0 bridgehead atoms. The van der Waals surface area contributed by atoms with E-state index in [2.05, 4.69) is 197 Å². The molecule has 0 aliphatic rings. The number of aromatic carboxylic acids is 3. The lowest BCUT2D eigenvalue weighted by atomic mass is 10.0. The highest BCUT2D eigenvalue weighted by Crippen LogP contribution is 2.24. The van der Waals surface area contributed by atoms with Crippen molar-refractivity contribution in [3.63, 3.8) is 0 Å². The number of carbonyl (C=O) groups is 3. The average molecular weight is 937 g/mol. The van der Waals surface area contributed by atoms with Crippen molar-refractivity contribution in [1.82, 2.24) is 0 Å². The van der Waals surface area contributed by atoms with E-state index in [9.17, 15) is 29.7 Å². The fourth-order valence-electron chi connectivity index (χ4n) is 5.63. The van der Waals surface area contributed by atoms with Crippen LogP contribution in [0.15, 0.2) is 250 Å². The van der Waals surface area contributed by atoms with Gasteiger partial charge in [0.05, 0.1) is 18.8 Å². The second-order valence-electron chi connectivity index (χ2n) is 13.6. The maximum Gasteiger partial charge on any atom is 0.163 e. The summed E-state index contributed by atoms with van der Waals surface area (Å²) in [6.45, 7) is 0. The highest BCUT2D eigenvalue weighted by atomic mass is 32.1. The van der Waals surface area contributed by atoms with E-state index in [0.29, 0.717) is 0 Å². The lowest BCUT2D eigenvalue weighted by Gasteiger charge is -2.05. The molecule has 9 aromatic rings. The normalized spacial score (nSPS) is 9.91. The molecule has 0 aliphatic carbocycles. The molecule has 0 saturated carbocycles. The van der Waals surface area contributed by atoms with Crippen LogP contribution in [0.5, 0.6) is 0 Å². The van der Waals surface area contributed by atoms with Gasteiger partial charge in [-0.25, -0.2) is 0 Å². The van der Waals surface area contributed by atoms with Gasteiger partial charge in [0, 0.05) is 33.4 Å². The third-order valence-electron chi connectivity index (χ3n) is 8.96. The summed E-state index contributed by atoms with van der Waals surface area (Å²) < 4.78 is 13.3. The van der Waals surface area contributed by atoms with Gasteiger partial charge < -0.3 is 43.0 Å². The molecule has 0 aliphatic heterocycles. The SMILES string of the molecule is O=C([O-])c1ccco1.O=C([O-])c1ccco1.O=C([O-])c1ccco1.[SH2+]C(c1ccccc1)c1ccccc1.[SH2+]C(c1ccccc1)c1ccccc1.[SH2+]C(c1ccccc1)c1ccccc1. The molecule has 66 heavy (non-hydrogen) atoms. The van der Waals surface area contributed by atoms with Crippen LogP contribution in [0.2, 0.25) is 0 Å². The molecule has 0 N–H and O–H groups in total. The molecule has 0 spiro atoms. The predicted octanol–water partition coefficient (Wildman–Crippen LogP) is 7.29. The number of benzene rings is 6. The Morgan fingerprint density at radius 1 is 0.288 bits per heavy atom. The summed E-state index contributed by atoms with van der Waals surface area (Å²) in [5, 5.41) is 30.4. The van der Waals surface area contributed by atoms with Crippen molar-refractivity contribution in [2.24, 2.45) is 0 Å². The third-order valence-corrected chi connectivity index (χ3v) is 11.0. The molecule has 12 heteroatoms. The number of carboxylic acids is 3. The van der Waals surface area contributed by atoms with Crippen LogP contribution in [-0.4, -0.2) is 17.9 Å². The van der Waals surface area contributed by atoms with Crippen LogP contribution in [0, 0.1) is 0 Å². The maximum absolute atomic E-state index is 9.86. The first-order valence-corrected chi connectivity index (χ1v) is 22.0. The van der Waals surface area contributed by atoms with Gasteiger partial charge in [0.15, 0.2) is 15.7 Å². The average Bonchev–Trinajstić information content (AvgIpc) is 4.23. The van der Waals surface area contributed by atoms with E-state index in [1.165, 1.54) is 88.6 Å². The Kier molecular flexibility index (Phi) is 22.6. The summed E-state index contributed by atoms with van der Waals surface area (Å²) >= 11 is 11.2. The number of hydrogen-bond donors (Lipinski definition) is 0. The highest BCUT2D eigenvalue weighted by Gasteiger charge is 2.15. The van der Waals surface area contributed by atoms with Gasteiger partial charge in [0.2, 0.25) is 0 Å². The first-order chi connectivity index (χ1) is 32.0. The molecular weight excluding hydrogens is 889 g/mol. The van der Waals surface area contributed by atoms with Crippen molar-refractivity contribution in [2.45, 2.75) is 15.7 Å². The second kappa shape index (κ2) is 29.1. The van der Waals surface area contributed by atoms with Crippen molar-refractivity contribution in [2.75, 3.05) is 0 Å². The lowest BCUT2D eigenvalue weighted by Crippen LogP contribution is -2.21. The minimum absolute atomic E-state index is 0.134. The Morgan fingerprint density at radius 3 is 0.561 bits per heavy atom. The molecular formula is C54H48O9S3. The van der Waals surface area contributed by atoms with Gasteiger partial charge >= 0.3 is 0 Å². The second-order valence-corrected chi connectivity index (χ2v) is 15.3. The van der Waals surface area contributed by atoms with Crippen molar-refractivity contribution in [3.8, 4) is 0 Å². The summed E-state index contributed by atoms with van der Waals surface area (Å²) in [4.78, 5) is 29.6. The number of furan rings is 3. The zero-order chi connectivity index (χ0) is 47.4. The van der Waals surface area contributed by atoms with Gasteiger partial charge in [-0.05, 0) is 74.3 Å². The summed E-state index contributed by atoms with van der Waals surface area (Å²) in [6, 6.07) is 71.0. The molecule has 0 unspecified atom stereocenters. The zero-order valence-corrected chi connectivity index (χ0v) is 38.4. The number of hydrogen-bond acceptors (Lipinski definition) is 9. The van der Waals surface area contributed by atoms with Crippen LogP contribution in [0.1, 0.15) is 80.8 Å². The molecule has 0 atom stereocenters. The predicted molar refractivity (Wildman–Crippen MR) is 264 cm³/mol. The van der Waals surface area contributed by atoms with Crippen LogP contribution in [0.4, 0.5) is 0 Å².